The normalized spacial score (nSPS) is 14.2. The summed E-state index contributed by atoms with van der Waals surface area (Å²) in [7, 11) is 0. The summed E-state index contributed by atoms with van der Waals surface area (Å²) in [5, 5.41) is 3.34. The molecule has 0 atom stereocenters. The molecule has 0 saturated carbocycles. The molecule has 1 aliphatic rings. The van der Waals surface area contributed by atoms with Crippen LogP contribution in [0.5, 0.6) is 11.5 Å². The highest BCUT2D eigenvalue weighted by molar-refractivity contribution is 14.1. The van der Waals surface area contributed by atoms with Crippen LogP contribution in [0.3, 0.4) is 0 Å². The minimum absolute atomic E-state index is 0.203. The van der Waals surface area contributed by atoms with E-state index in [0.717, 1.165) is 36.9 Å². The molecule has 1 aliphatic heterocycles. The molecule has 40 heavy (non-hydrogen) atoms. The Labute approximate surface area is 260 Å². The molecule has 1 heterocycles. The summed E-state index contributed by atoms with van der Waals surface area (Å²) < 4.78 is 12.6. The van der Waals surface area contributed by atoms with E-state index in [2.05, 4.69) is 27.9 Å². The van der Waals surface area contributed by atoms with Gasteiger partial charge in [-0.3, -0.25) is 19.3 Å². The SMILES string of the molecule is CCOc1cc(/C=C2/SC(=O)N(CC(=O)Nc3c(C)cccc3C)C2=O)cc(I)c1OCc1ccc(Cl)cc1Cl. The Balaban J connectivity index is 1.51. The molecular weight excluding hydrogens is 686 g/mol. The fourth-order valence-electron chi connectivity index (χ4n) is 3.98. The molecule has 0 spiro atoms. The number of aryl methyl sites for hydroxylation is 2. The van der Waals surface area contributed by atoms with Crippen LogP contribution in [0.15, 0.2) is 53.4 Å². The van der Waals surface area contributed by atoms with Gasteiger partial charge in [0.25, 0.3) is 11.1 Å². The molecule has 208 valence electrons. The summed E-state index contributed by atoms with van der Waals surface area (Å²) in [6.07, 6.45) is 1.61. The van der Waals surface area contributed by atoms with E-state index in [1.807, 2.05) is 45.0 Å². The Bertz CT molecular complexity index is 1510. The van der Waals surface area contributed by atoms with Gasteiger partial charge < -0.3 is 14.8 Å². The molecule has 0 unspecified atom stereocenters. The zero-order chi connectivity index (χ0) is 29.0. The predicted octanol–water partition coefficient (Wildman–Crippen LogP) is 7.87. The van der Waals surface area contributed by atoms with Crippen LogP contribution < -0.4 is 14.8 Å². The van der Waals surface area contributed by atoms with Gasteiger partial charge in [0.15, 0.2) is 11.5 Å². The smallest absolute Gasteiger partial charge is 0.294 e. The van der Waals surface area contributed by atoms with Crippen LogP contribution in [-0.4, -0.2) is 35.1 Å². The number of nitrogens with one attached hydrogen (secondary N) is 1. The highest BCUT2D eigenvalue weighted by Gasteiger charge is 2.36. The van der Waals surface area contributed by atoms with Gasteiger partial charge in [0, 0.05) is 21.3 Å². The lowest BCUT2D eigenvalue weighted by Gasteiger charge is -2.16. The maximum atomic E-state index is 13.1. The molecule has 0 bridgehead atoms. The van der Waals surface area contributed by atoms with Gasteiger partial charge in [0.1, 0.15) is 13.2 Å². The number of hydrogen-bond acceptors (Lipinski definition) is 6. The summed E-state index contributed by atoms with van der Waals surface area (Å²) in [6.45, 7) is 5.84. The van der Waals surface area contributed by atoms with Crippen LogP contribution in [0.1, 0.15) is 29.2 Å². The first kappa shape index (κ1) is 30.2. The zero-order valence-electron chi connectivity index (χ0n) is 21.8. The molecule has 1 N–H and O–H groups in total. The third kappa shape index (κ3) is 7.12. The quantitative estimate of drug-likeness (QED) is 0.180. The van der Waals surface area contributed by atoms with Crippen LogP contribution in [-0.2, 0) is 16.2 Å². The number of carbonyl (C=O) groups is 3. The summed E-state index contributed by atoms with van der Waals surface area (Å²) in [6, 6.07) is 14.4. The summed E-state index contributed by atoms with van der Waals surface area (Å²) in [5.74, 6) is 0.0357. The van der Waals surface area contributed by atoms with Gasteiger partial charge in [0.2, 0.25) is 5.91 Å². The van der Waals surface area contributed by atoms with Crippen molar-refractivity contribution >= 4 is 86.4 Å². The maximum Gasteiger partial charge on any atom is 0.294 e. The van der Waals surface area contributed by atoms with E-state index in [-0.39, 0.29) is 18.1 Å². The lowest BCUT2D eigenvalue weighted by Crippen LogP contribution is -2.36. The van der Waals surface area contributed by atoms with Crippen molar-refractivity contribution in [2.45, 2.75) is 27.4 Å². The Morgan fingerprint density at radius 1 is 1.07 bits per heavy atom. The number of carbonyl (C=O) groups excluding carboxylic acids is 3. The molecule has 0 radical (unpaired) electrons. The van der Waals surface area contributed by atoms with Gasteiger partial charge in [-0.2, -0.15) is 0 Å². The van der Waals surface area contributed by atoms with E-state index < -0.39 is 17.1 Å². The van der Waals surface area contributed by atoms with Crippen molar-refractivity contribution in [3.05, 3.63) is 89.3 Å². The van der Waals surface area contributed by atoms with Crippen LogP contribution in [0.4, 0.5) is 10.5 Å². The van der Waals surface area contributed by atoms with Crippen molar-refractivity contribution in [1.29, 1.82) is 0 Å². The van der Waals surface area contributed by atoms with Gasteiger partial charge in [-0.05, 0) is 102 Å². The number of hydrogen-bond donors (Lipinski definition) is 1. The molecular formula is C29H25Cl2IN2O5S. The number of benzene rings is 3. The number of rotatable bonds is 9. The number of ether oxygens (including phenoxy) is 2. The number of imide groups is 1. The Kier molecular flexibility index (Phi) is 10.0. The van der Waals surface area contributed by atoms with Crippen molar-refractivity contribution in [2.75, 3.05) is 18.5 Å². The van der Waals surface area contributed by atoms with Crippen LogP contribution in [0.2, 0.25) is 10.0 Å². The lowest BCUT2D eigenvalue weighted by molar-refractivity contribution is -0.127. The second-order valence-corrected chi connectivity index (χ2v) is 11.9. The second kappa shape index (κ2) is 13.3. The van der Waals surface area contributed by atoms with E-state index in [0.29, 0.717) is 39.4 Å². The van der Waals surface area contributed by atoms with E-state index in [4.69, 9.17) is 32.7 Å². The summed E-state index contributed by atoms with van der Waals surface area (Å²) in [5.41, 5.74) is 3.88. The van der Waals surface area contributed by atoms with Crippen molar-refractivity contribution in [1.82, 2.24) is 4.90 Å². The fraction of sp³-hybridized carbons (Fsp3) is 0.207. The summed E-state index contributed by atoms with van der Waals surface area (Å²) >= 11 is 15.2. The maximum absolute atomic E-state index is 13.1. The first-order valence-corrected chi connectivity index (χ1v) is 14.9. The third-order valence-electron chi connectivity index (χ3n) is 5.94. The first-order chi connectivity index (χ1) is 19.1. The molecule has 0 aromatic heterocycles. The van der Waals surface area contributed by atoms with E-state index in [1.54, 1.807) is 30.3 Å². The highest BCUT2D eigenvalue weighted by Crippen LogP contribution is 2.38. The van der Waals surface area contributed by atoms with Crippen molar-refractivity contribution in [2.24, 2.45) is 0 Å². The molecule has 1 saturated heterocycles. The van der Waals surface area contributed by atoms with Gasteiger partial charge >= 0.3 is 0 Å². The number of thioether (sulfide) groups is 1. The van der Waals surface area contributed by atoms with Crippen LogP contribution >= 0.6 is 57.6 Å². The zero-order valence-corrected chi connectivity index (χ0v) is 26.3. The average molecular weight is 711 g/mol. The number of halogens is 3. The van der Waals surface area contributed by atoms with E-state index >= 15 is 0 Å². The van der Waals surface area contributed by atoms with Gasteiger partial charge in [-0.25, -0.2) is 0 Å². The highest BCUT2D eigenvalue weighted by atomic mass is 127. The second-order valence-electron chi connectivity index (χ2n) is 8.87. The molecule has 3 aromatic rings. The van der Waals surface area contributed by atoms with Crippen molar-refractivity contribution in [3.8, 4) is 11.5 Å². The minimum atomic E-state index is -0.530. The number of amides is 3. The largest absolute Gasteiger partial charge is 0.490 e. The Morgan fingerprint density at radius 3 is 2.48 bits per heavy atom. The molecule has 7 nitrogen and oxygen atoms in total. The molecule has 3 aromatic carbocycles. The standard InChI is InChI=1S/C29H25Cl2IN2O5S/c1-4-38-23-11-18(10-22(32)27(23)39-15-19-8-9-20(30)13-21(19)31)12-24-28(36)34(29(37)40-24)14-25(35)33-26-16(2)6-5-7-17(26)3/h5-13H,4,14-15H2,1-3H3,(H,33,35)/b24-12+. The summed E-state index contributed by atoms with van der Waals surface area (Å²) in [4.78, 5) is 39.6. The Hall–Kier alpha value is -2.73. The average Bonchev–Trinajstić information content (AvgIpc) is 3.14. The third-order valence-corrected chi connectivity index (χ3v) is 8.23. The van der Waals surface area contributed by atoms with Crippen molar-refractivity contribution < 1.29 is 23.9 Å². The van der Waals surface area contributed by atoms with Gasteiger partial charge in [-0.15, -0.1) is 0 Å². The Morgan fingerprint density at radius 2 is 1.80 bits per heavy atom. The molecule has 11 heteroatoms. The molecule has 3 amide bonds. The van der Waals surface area contributed by atoms with Gasteiger partial charge in [0.05, 0.1) is 15.1 Å². The molecule has 1 fully saturated rings. The fourth-order valence-corrected chi connectivity index (χ4v) is 6.07. The van der Waals surface area contributed by atoms with E-state index in [9.17, 15) is 14.4 Å². The van der Waals surface area contributed by atoms with Crippen LogP contribution in [0, 0.1) is 17.4 Å². The minimum Gasteiger partial charge on any atom is -0.490 e. The predicted molar refractivity (Wildman–Crippen MR) is 168 cm³/mol. The number of nitrogens with zero attached hydrogens (tertiary/aromatic N) is 1. The molecule has 0 aliphatic carbocycles. The van der Waals surface area contributed by atoms with E-state index in [1.165, 1.54) is 0 Å². The van der Waals surface area contributed by atoms with Crippen LogP contribution in [0.25, 0.3) is 6.08 Å². The van der Waals surface area contributed by atoms with Crippen molar-refractivity contribution in [3.63, 3.8) is 0 Å². The topological polar surface area (TPSA) is 84.9 Å². The first-order valence-electron chi connectivity index (χ1n) is 12.2. The number of para-hydroxylation sites is 1. The lowest BCUT2D eigenvalue weighted by atomic mass is 10.1. The molecule has 4 rings (SSSR count). The van der Waals surface area contributed by atoms with Gasteiger partial charge in [-0.1, -0.05) is 47.5 Å². The number of anilines is 1. The monoisotopic (exact) mass is 710 g/mol.